The van der Waals surface area contributed by atoms with Gasteiger partial charge < -0.3 is 71.8 Å². The van der Waals surface area contributed by atoms with E-state index in [1.54, 1.807) is 93.0 Å². The van der Waals surface area contributed by atoms with Crippen molar-refractivity contribution in [2.75, 3.05) is 90.6 Å². The zero-order valence-electron chi connectivity index (χ0n) is 47.6. The summed E-state index contributed by atoms with van der Waals surface area (Å²) in [6, 6.07) is 17.3. The van der Waals surface area contributed by atoms with Gasteiger partial charge in [-0.2, -0.15) is 0 Å². The zero-order valence-corrected chi connectivity index (χ0v) is 47.6. The van der Waals surface area contributed by atoms with Crippen LogP contribution in [0.5, 0.6) is 0 Å². The van der Waals surface area contributed by atoms with Gasteiger partial charge in [-0.15, -0.1) is 0 Å². The maximum absolute atomic E-state index is 12.6. The highest BCUT2D eigenvalue weighted by Gasteiger charge is 2.33. The lowest BCUT2D eigenvalue weighted by Crippen LogP contribution is -2.39. The molecule has 1 aromatic heterocycles. The van der Waals surface area contributed by atoms with Crippen molar-refractivity contribution in [3.05, 3.63) is 118 Å². The summed E-state index contributed by atoms with van der Waals surface area (Å²) in [6.45, 7) is 6.64. The fourth-order valence-electron chi connectivity index (χ4n) is 10.3. The van der Waals surface area contributed by atoms with Crippen LogP contribution in [0.3, 0.4) is 0 Å². The maximum atomic E-state index is 12.6. The van der Waals surface area contributed by atoms with Crippen LogP contribution >= 0.6 is 0 Å². The average Bonchev–Trinajstić information content (AvgIpc) is 3.92. The van der Waals surface area contributed by atoms with E-state index >= 15 is 0 Å². The van der Waals surface area contributed by atoms with Crippen LogP contribution in [0.4, 0.5) is 17.1 Å². The predicted octanol–water partition coefficient (Wildman–Crippen LogP) is 3.34. The van der Waals surface area contributed by atoms with Crippen molar-refractivity contribution in [2.24, 2.45) is 11.8 Å². The third-order valence-electron chi connectivity index (χ3n) is 15.0. The Kier molecular flexibility index (Phi) is 23.9. The van der Waals surface area contributed by atoms with Gasteiger partial charge in [-0.25, -0.2) is 0 Å². The second-order valence-electron chi connectivity index (χ2n) is 21.3. The van der Waals surface area contributed by atoms with E-state index < -0.39 is 36.0 Å². The van der Waals surface area contributed by atoms with Crippen LogP contribution < -0.4 is 42.5 Å². The number of pyridine rings is 1. The van der Waals surface area contributed by atoms with Crippen LogP contribution in [0.15, 0.2) is 79.1 Å². The van der Waals surface area contributed by atoms with E-state index in [-0.39, 0.29) is 62.1 Å². The van der Waals surface area contributed by atoms with E-state index in [4.69, 9.17) is 5.11 Å². The number of piperidine rings is 2. The molecule has 3 aromatic carbocycles. The molecule has 9 rings (SSSR count). The van der Waals surface area contributed by atoms with Crippen molar-refractivity contribution in [1.82, 2.24) is 46.3 Å². The second-order valence-corrected chi connectivity index (χ2v) is 21.3. The maximum Gasteiger partial charge on any atom is 0.308 e. The van der Waals surface area contributed by atoms with E-state index in [2.05, 4.69) is 57.0 Å². The second kappa shape index (κ2) is 31.1. The molecule has 6 heterocycles. The average molecular weight is 1160 g/mol. The summed E-state index contributed by atoms with van der Waals surface area (Å²) in [5, 5.41) is 33.8. The Hall–Kier alpha value is -8.64. The number of esters is 2. The Morgan fingerprint density at radius 3 is 1.32 bits per heavy atom. The standard InChI is InChI=1S/C20H28N4O4.C20H22N4O4.C19H26N4O4.CH4/c2*1-24-12-15-8-14(19(26)22-11-13-4-3-7-21-10-13)5-6-16(15)23-17(20(24)27)9-18(25)28-2;1-23-11-14-7-13(18(26)21-10-12-3-2-6-20-9-12)4-5-15(14)22-16(19(23)27)8-17(24)25;/h5-6,8,13,17,21,23H,3-4,7,9-12H2,1-2H3,(H,22,26);3-8,10,17,23H,9,11-12H2,1-2H3,(H,22,26);4-5,7,12,16,20,22H,2-3,6,8-11H2,1H3,(H,21,26)(H,24,25);1H4. The van der Waals surface area contributed by atoms with E-state index in [1.165, 1.54) is 24.0 Å². The molecule has 24 heteroatoms. The first-order valence-corrected chi connectivity index (χ1v) is 27.8. The molecule has 0 radical (unpaired) electrons. The van der Waals surface area contributed by atoms with Crippen molar-refractivity contribution >= 4 is 70.4 Å². The molecule has 24 nitrogen and oxygen atoms in total. The summed E-state index contributed by atoms with van der Waals surface area (Å²) in [4.78, 5) is 118. The molecule has 0 bridgehead atoms. The molecule has 0 spiro atoms. The molecular formula is C60H80N12O12. The number of carboxylic acid groups (broad SMARTS) is 1. The van der Waals surface area contributed by atoms with Gasteiger partial charge in [-0.3, -0.25) is 48.1 Å². The molecule has 6 amide bonds. The van der Waals surface area contributed by atoms with E-state index in [0.29, 0.717) is 73.5 Å². The molecule has 4 aromatic rings. The molecule has 9 N–H and O–H groups in total. The van der Waals surface area contributed by atoms with Crippen LogP contribution in [-0.2, 0) is 64.4 Å². The number of anilines is 3. The number of aliphatic carboxylic acids is 1. The Labute approximate surface area is 489 Å². The van der Waals surface area contributed by atoms with Crippen molar-refractivity contribution < 1.29 is 57.7 Å². The molecule has 0 saturated carbocycles. The summed E-state index contributed by atoms with van der Waals surface area (Å²) in [5.74, 6) is -2.16. The lowest BCUT2D eigenvalue weighted by Gasteiger charge is -2.23. The first-order chi connectivity index (χ1) is 39.9. The number of amides is 6. The Bertz CT molecular complexity index is 2990. The van der Waals surface area contributed by atoms with Crippen molar-refractivity contribution in [3.63, 3.8) is 0 Å². The Morgan fingerprint density at radius 2 is 0.976 bits per heavy atom. The predicted molar refractivity (Wildman–Crippen MR) is 314 cm³/mol. The number of carboxylic acids is 1. The van der Waals surface area contributed by atoms with Crippen LogP contribution in [0.2, 0.25) is 0 Å². The number of rotatable bonds is 15. The number of benzene rings is 3. The minimum atomic E-state index is -1.04. The lowest BCUT2D eigenvalue weighted by atomic mass is 9.99. The molecule has 84 heavy (non-hydrogen) atoms. The number of carbonyl (C=O) groups excluding carboxylic acids is 8. The number of carbonyl (C=O) groups is 9. The molecule has 5 aliphatic rings. The lowest BCUT2D eigenvalue weighted by molar-refractivity contribution is -0.144. The number of likely N-dealkylation sites (N-methyl/N-ethyl adjacent to an activating group) is 3. The van der Waals surface area contributed by atoms with Crippen molar-refractivity contribution in [1.29, 1.82) is 0 Å². The van der Waals surface area contributed by atoms with E-state index in [9.17, 15) is 43.2 Å². The Morgan fingerprint density at radius 1 is 0.583 bits per heavy atom. The molecule has 2 saturated heterocycles. The van der Waals surface area contributed by atoms with Gasteiger partial charge in [0, 0.05) is 107 Å². The van der Waals surface area contributed by atoms with Gasteiger partial charge in [0.05, 0.1) is 33.5 Å². The minimum Gasteiger partial charge on any atom is -0.481 e. The number of hydrogen-bond acceptors (Lipinski definition) is 17. The largest absolute Gasteiger partial charge is 0.481 e. The number of nitrogens with zero attached hydrogens (tertiary/aromatic N) is 4. The minimum absolute atomic E-state index is 0. The SMILES string of the molecule is C.CN1Cc2cc(C(=O)NCC3CCCNC3)ccc2NC(CC(=O)O)C1=O.COC(=O)CC1Nc2ccc(C(=O)NCC3CCCNC3)cc2CN(C)C1=O.COC(=O)CC1Nc2ccc(C(=O)NCc3cccnc3)cc2CN(C)C1=O. The van der Waals surface area contributed by atoms with Gasteiger partial charge in [0.2, 0.25) is 17.7 Å². The van der Waals surface area contributed by atoms with Crippen molar-refractivity contribution in [2.45, 2.75) is 96.7 Å². The highest BCUT2D eigenvalue weighted by molar-refractivity contribution is 5.98. The van der Waals surface area contributed by atoms with Gasteiger partial charge in [-0.05, 0) is 147 Å². The van der Waals surface area contributed by atoms with Crippen molar-refractivity contribution in [3.8, 4) is 0 Å². The molecule has 5 unspecified atom stereocenters. The van der Waals surface area contributed by atoms with Crippen LogP contribution in [-0.4, -0.2) is 171 Å². The van der Waals surface area contributed by atoms with Crippen LogP contribution in [0.1, 0.15) is 106 Å². The number of fused-ring (bicyclic) bond motifs is 3. The molecule has 5 aliphatic heterocycles. The van der Waals surface area contributed by atoms with E-state index in [0.717, 1.165) is 85.5 Å². The molecule has 0 aliphatic carbocycles. The summed E-state index contributed by atoms with van der Waals surface area (Å²) in [7, 11) is 7.58. The fraction of sp³-hybridized carbons (Fsp3) is 0.467. The zero-order chi connectivity index (χ0) is 59.6. The summed E-state index contributed by atoms with van der Waals surface area (Å²) in [6.07, 6.45) is 7.47. The molecular weight excluding hydrogens is 1080 g/mol. The third kappa shape index (κ3) is 18.2. The summed E-state index contributed by atoms with van der Waals surface area (Å²) < 4.78 is 9.36. The highest BCUT2D eigenvalue weighted by Crippen LogP contribution is 2.28. The fourth-order valence-corrected chi connectivity index (χ4v) is 10.3. The smallest absolute Gasteiger partial charge is 0.308 e. The quantitative estimate of drug-likeness (QED) is 0.0771. The summed E-state index contributed by atoms with van der Waals surface area (Å²) >= 11 is 0. The number of nitrogens with one attached hydrogen (secondary N) is 8. The van der Waals surface area contributed by atoms with Gasteiger partial charge in [0.1, 0.15) is 18.1 Å². The van der Waals surface area contributed by atoms with Gasteiger partial charge >= 0.3 is 17.9 Å². The van der Waals surface area contributed by atoms with Gasteiger partial charge in [0.15, 0.2) is 0 Å². The molecule has 2 fully saturated rings. The topological polar surface area (TPSA) is 311 Å². The molecule has 452 valence electrons. The third-order valence-corrected chi connectivity index (χ3v) is 15.0. The van der Waals surface area contributed by atoms with Crippen LogP contribution in [0.25, 0.3) is 0 Å². The number of hydrogen-bond donors (Lipinski definition) is 9. The van der Waals surface area contributed by atoms with Crippen LogP contribution in [0, 0.1) is 11.8 Å². The monoisotopic (exact) mass is 1160 g/mol. The number of aromatic nitrogens is 1. The number of ether oxygens (including phenoxy) is 2. The normalized spacial score (nSPS) is 19.8. The first kappa shape index (κ1) is 64.5. The summed E-state index contributed by atoms with van der Waals surface area (Å²) in [5.41, 5.74) is 7.11. The number of methoxy groups -OCH3 is 2. The van der Waals surface area contributed by atoms with Gasteiger partial charge in [-0.1, -0.05) is 13.5 Å². The Balaban J connectivity index is 0.000000201. The highest BCUT2D eigenvalue weighted by atomic mass is 16.5. The van der Waals surface area contributed by atoms with E-state index in [1.807, 2.05) is 12.1 Å². The molecule has 5 atom stereocenters. The van der Waals surface area contributed by atoms with Gasteiger partial charge in [0.25, 0.3) is 17.7 Å². The first-order valence-electron chi connectivity index (χ1n) is 27.8.